The summed E-state index contributed by atoms with van der Waals surface area (Å²) in [6, 6.07) is 14.9. The Kier molecular flexibility index (Phi) is 6.97. The first-order valence-electron chi connectivity index (χ1n) is 11.7. The van der Waals surface area contributed by atoms with Crippen molar-refractivity contribution in [3.63, 3.8) is 0 Å². The van der Waals surface area contributed by atoms with E-state index in [1.54, 1.807) is 0 Å². The Bertz CT molecular complexity index is 1010. The summed E-state index contributed by atoms with van der Waals surface area (Å²) in [5, 5.41) is 8.99. The van der Waals surface area contributed by atoms with E-state index in [2.05, 4.69) is 65.2 Å². The molecular formula is C28H34N4. The van der Waals surface area contributed by atoms with Crippen LogP contribution in [-0.2, 0) is 12.8 Å². The van der Waals surface area contributed by atoms with Crippen LogP contribution in [0.1, 0.15) is 35.1 Å². The van der Waals surface area contributed by atoms with Gasteiger partial charge >= 0.3 is 0 Å². The minimum atomic E-state index is 0.719. The number of piperazine rings is 1. The number of rotatable bonds is 8. The Labute approximate surface area is 193 Å². The summed E-state index contributed by atoms with van der Waals surface area (Å²) in [5.74, 6) is 0. The highest BCUT2D eigenvalue weighted by Crippen LogP contribution is 2.35. The molecule has 0 unspecified atom stereocenters. The molecule has 166 valence electrons. The summed E-state index contributed by atoms with van der Waals surface area (Å²) >= 11 is 0. The van der Waals surface area contributed by atoms with Crippen LogP contribution in [0.3, 0.4) is 0 Å². The van der Waals surface area contributed by atoms with Crippen LogP contribution in [0.25, 0.3) is 5.57 Å². The summed E-state index contributed by atoms with van der Waals surface area (Å²) in [4.78, 5) is 7.36. The van der Waals surface area contributed by atoms with E-state index in [4.69, 9.17) is 5.26 Å². The smallest absolute Gasteiger partial charge is 0.0991 e. The van der Waals surface area contributed by atoms with Gasteiger partial charge in [0.2, 0.25) is 0 Å². The standard InChI is InChI=1S/C28H34N4/c1-4-5-6-24-19-26(20-25-12-13-30(3)28(24)25)22(2)11-14-31-15-17-32(18-16-31)27-9-7-23(21-29)8-10-27/h4,7-10,19-20H,1-2,5-6,11-18H2,3H3. The first kappa shape index (κ1) is 22.2. The highest BCUT2D eigenvalue weighted by atomic mass is 15.3. The summed E-state index contributed by atoms with van der Waals surface area (Å²) in [5.41, 5.74) is 8.84. The Morgan fingerprint density at radius 1 is 1.09 bits per heavy atom. The van der Waals surface area contributed by atoms with Crippen molar-refractivity contribution in [3.05, 3.63) is 77.9 Å². The first-order valence-corrected chi connectivity index (χ1v) is 11.7. The minimum absolute atomic E-state index is 0.719. The topological polar surface area (TPSA) is 33.5 Å². The van der Waals surface area contributed by atoms with Crippen LogP contribution in [0.2, 0.25) is 0 Å². The lowest BCUT2D eigenvalue weighted by molar-refractivity contribution is 0.264. The van der Waals surface area contributed by atoms with Crippen LogP contribution in [-0.4, -0.2) is 51.2 Å². The van der Waals surface area contributed by atoms with Crippen LogP contribution < -0.4 is 9.80 Å². The van der Waals surface area contributed by atoms with Gasteiger partial charge in [-0.25, -0.2) is 0 Å². The quantitative estimate of drug-likeness (QED) is 0.563. The van der Waals surface area contributed by atoms with Gasteiger partial charge in [0.1, 0.15) is 0 Å². The Hall–Kier alpha value is -3.03. The summed E-state index contributed by atoms with van der Waals surface area (Å²) < 4.78 is 0. The zero-order valence-corrected chi connectivity index (χ0v) is 19.3. The molecule has 32 heavy (non-hydrogen) atoms. The summed E-state index contributed by atoms with van der Waals surface area (Å²) in [7, 11) is 2.20. The molecule has 0 radical (unpaired) electrons. The molecule has 0 N–H and O–H groups in total. The number of aryl methyl sites for hydroxylation is 1. The third kappa shape index (κ3) is 4.89. The molecule has 4 heteroatoms. The van der Waals surface area contributed by atoms with Gasteiger partial charge in [0.25, 0.3) is 0 Å². The van der Waals surface area contributed by atoms with Crippen LogP contribution >= 0.6 is 0 Å². The number of allylic oxidation sites excluding steroid dienone is 1. The lowest BCUT2D eigenvalue weighted by Crippen LogP contribution is -2.46. The van der Waals surface area contributed by atoms with Crippen molar-refractivity contribution in [2.45, 2.75) is 25.7 Å². The second-order valence-corrected chi connectivity index (χ2v) is 8.98. The number of nitrogens with zero attached hydrogens (tertiary/aromatic N) is 4. The van der Waals surface area contributed by atoms with Gasteiger partial charge in [-0.05, 0) is 84.3 Å². The Morgan fingerprint density at radius 2 is 1.84 bits per heavy atom. The van der Waals surface area contributed by atoms with Crippen molar-refractivity contribution >= 4 is 16.9 Å². The largest absolute Gasteiger partial charge is 0.374 e. The van der Waals surface area contributed by atoms with E-state index in [1.807, 2.05) is 18.2 Å². The molecule has 2 aromatic rings. The minimum Gasteiger partial charge on any atom is -0.374 e. The number of likely N-dealkylation sites (N-methyl/N-ethyl adjacent to an activating group) is 1. The predicted octanol–water partition coefficient (Wildman–Crippen LogP) is 4.89. The van der Waals surface area contributed by atoms with Gasteiger partial charge in [-0.15, -0.1) is 6.58 Å². The van der Waals surface area contributed by atoms with Crippen LogP contribution in [0.5, 0.6) is 0 Å². The van der Waals surface area contributed by atoms with Crippen molar-refractivity contribution in [3.8, 4) is 6.07 Å². The number of hydrogen-bond acceptors (Lipinski definition) is 4. The van der Waals surface area contributed by atoms with Crippen molar-refractivity contribution in [1.82, 2.24) is 4.90 Å². The monoisotopic (exact) mass is 426 g/mol. The van der Waals surface area contributed by atoms with Crippen molar-refractivity contribution in [1.29, 1.82) is 5.26 Å². The molecule has 4 rings (SSSR count). The number of benzene rings is 2. The number of fused-ring (bicyclic) bond motifs is 1. The van der Waals surface area contributed by atoms with Gasteiger partial charge in [0.05, 0.1) is 11.6 Å². The van der Waals surface area contributed by atoms with E-state index in [0.29, 0.717) is 0 Å². The number of hydrogen-bond donors (Lipinski definition) is 0. The highest BCUT2D eigenvalue weighted by molar-refractivity contribution is 5.72. The fourth-order valence-electron chi connectivity index (χ4n) is 4.91. The molecule has 0 aromatic heterocycles. The maximum Gasteiger partial charge on any atom is 0.0991 e. The zero-order valence-electron chi connectivity index (χ0n) is 19.3. The van der Waals surface area contributed by atoms with E-state index in [1.165, 1.54) is 33.6 Å². The second-order valence-electron chi connectivity index (χ2n) is 8.98. The normalized spacial score (nSPS) is 16.0. The molecular weight excluding hydrogens is 392 g/mol. The van der Waals surface area contributed by atoms with Gasteiger partial charge in [-0.1, -0.05) is 12.7 Å². The number of anilines is 2. The molecule has 0 spiro atoms. The second kappa shape index (κ2) is 10.1. The van der Waals surface area contributed by atoms with Crippen LogP contribution in [0.4, 0.5) is 11.4 Å². The van der Waals surface area contributed by atoms with E-state index >= 15 is 0 Å². The van der Waals surface area contributed by atoms with Crippen LogP contribution in [0, 0.1) is 11.3 Å². The van der Waals surface area contributed by atoms with Crippen molar-refractivity contribution in [2.75, 3.05) is 56.1 Å². The van der Waals surface area contributed by atoms with Gasteiger partial charge in [0.15, 0.2) is 0 Å². The maximum atomic E-state index is 8.99. The predicted molar refractivity (Wildman–Crippen MR) is 135 cm³/mol. The van der Waals surface area contributed by atoms with E-state index < -0.39 is 0 Å². The molecule has 2 aliphatic heterocycles. The molecule has 0 atom stereocenters. The fourth-order valence-corrected chi connectivity index (χ4v) is 4.91. The molecule has 0 aliphatic carbocycles. The summed E-state index contributed by atoms with van der Waals surface area (Å²) in [6.07, 6.45) is 6.21. The SMILES string of the molecule is C=CCCc1cc(C(=C)CCN2CCN(c3ccc(C#N)cc3)CC2)cc2c1N(C)CC2. The molecule has 2 aromatic carbocycles. The van der Waals surface area contributed by atoms with Crippen molar-refractivity contribution in [2.24, 2.45) is 0 Å². The van der Waals surface area contributed by atoms with E-state index in [0.717, 1.165) is 70.5 Å². The van der Waals surface area contributed by atoms with Gasteiger partial charge in [-0.3, -0.25) is 4.90 Å². The highest BCUT2D eigenvalue weighted by Gasteiger charge is 2.21. The molecule has 4 nitrogen and oxygen atoms in total. The Morgan fingerprint density at radius 3 is 2.53 bits per heavy atom. The molecule has 2 aliphatic rings. The Balaban J connectivity index is 1.33. The maximum absolute atomic E-state index is 8.99. The van der Waals surface area contributed by atoms with Gasteiger partial charge in [0, 0.05) is 57.7 Å². The molecule has 0 bridgehead atoms. The average molecular weight is 427 g/mol. The van der Waals surface area contributed by atoms with Crippen molar-refractivity contribution < 1.29 is 0 Å². The lowest BCUT2D eigenvalue weighted by atomic mass is 9.94. The molecule has 1 saturated heterocycles. The third-order valence-electron chi connectivity index (χ3n) is 6.86. The average Bonchev–Trinajstić information content (AvgIpc) is 3.22. The summed E-state index contributed by atoms with van der Waals surface area (Å²) in [6.45, 7) is 14.7. The van der Waals surface area contributed by atoms with E-state index in [-0.39, 0.29) is 0 Å². The van der Waals surface area contributed by atoms with Gasteiger partial charge < -0.3 is 9.80 Å². The third-order valence-corrected chi connectivity index (χ3v) is 6.86. The van der Waals surface area contributed by atoms with Crippen LogP contribution in [0.15, 0.2) is 55.6 Å². The first-order chi connectivity index (χ1) is 15.6. The molecule has 0 saturated carbocycles. The fraction of sp³-hybridized carbons (Fsp3) is 0.393. The molecule has 2 heterocycles. The van der Waals surface area contributed by atoms with Gasteiger partial charge in [-0.2, -0.15) is 5.26 Å². The van der Waals surface area contributed by atoms with E-state index in [9.17, 15) is 0 Å². The molecule has 0 amide bonds. The number of nitriles is 1. The lowest BCUT2D eigenvalue weighted by Gasteiger charge is -2.36. The zero-order chi connectivity index (χ0) is 22.5. The molecule has 1 fully saturated rings.